The molecule has 2 unspecified atom stereocenters. The van der Waals surface area contributed by atoms with Crippen LogP contribution in [0.15, 0.2) is 155 Å². The molecule has 10 rings (SSSR count). The number of thiophene rings is 1. The monoisotopic (exact) mass is 636 g/mol. The molecule has 228 valence electrons. The summed E-state index contributed by atoms with van der Waals surface area (Å²) in [6, 6.07) is 47.2. The number of furan rings is 1. The second kappa shape index (κ2) is 10.9. The summed E-state index contributed by atoms with van der Waals surface area (Å²) in [5.74, 6) is 0.783. The van der Waals surface area contributed by atoms with Crippen LogP contribution in [0.25, 0.3) is 64.0 Å². The van der Waals surface area contributed by atoms with Crippen molar-refractivity contribution in [3.05, 3.63) is 163 Å². The van der Waals surface area contributed by atoms with Crippen molar-refractivity contribution in [3.63, 3.8) is 0 Å². The number of benzene rings is 6. The van der Waals surface area contributed by atoms with E-state index in [1.807, 2.05) is 23.6 Å². The molecule has 0 fully saturated rings. The van der Waals surface area contributed by atoms with Crippen molar-refractivity contribution in [2.45, 2.75) is 12.3 Å². The van der Waals surface area contributed by atoms with Crippen LogP contribution < -0.4 is 10.6 Å². The second-order valence-corrected chi connectivity index (χ2v) is 13.3. The highest BCUT2D eigenvalue weighted by atomic mass is 32.1. The summed E-state index contributed by atoms with van der Waals surface area (Å²) in [6.07, 6.45) is 3.27. The van der Waals surface area contributed by atoms with E-state index in [1.165, 1.54) is 36.5 Å². The van der Waals surface area contributed by atoms with E-state index in [9.17, 15) is 0 Å². The first-order chi connectivity index (χ1) is 23.8. The number of aromatic nitrogens is 1. The minimum absolute atomic E-state index is 0.188. The highest BCUT2D eigenvalue weighted by Crippen LogP contribution is 2.40. The van der Waals surface area contributed by atoms with E-state index in [0.717, 1.165) is 50.0 Å². The van der Waals surface area contributed by atoms with Crippen LogP contribution in [0, 0.1) is 0 Å². The standard InChI is InChI=1S/C42H28N4OS/c1-2-10-26(11-3-1)40-44-41(33-15-8-14-31-30-13-6-7-16-37(30)48-39(31)33)46-42(45-40)34-23-43-24-36-38(34)32-20-19-29(22-35(32)47-36)28-18-17-25-9-4-5-12-27(25)21-28/h1-24,40-41,44H,(H,45,46). The number of pyridine rings is 1. The molecule has 6 heteroatoms. The Bertz CT molecular complexity index is 2710. The number of hydrogen-bond donors (Lipinski definition) is 2. The average Bonchev–Trinajstić information content (AvgIpc) is 3.73. The fourth-order valence-corrected chi connectivity index (χ4v) is 8.36. The molecular formula is C42H28N4OS. The molecule has 0 amide bonds. The van der Waals surface area contributed by atoms with Crippen LogP contribution in [0.2, 0.25) is 0 Å². The summed E-state index contributed by atoms with van der Waals surface area (Å²) in [7, 11) is 0. The Labute approximate surface area is 280 Å². The summed E-state index contributed by atoms with van der Waals surface area (Å²) < 4.78 is 9.04. The van der Waals surface area contributed by atoms with Crippen LogP contribution in [0.5, 0.6) is 0 Å². The molecule has 0 aliphatic carbocycles. The molecule has 0 saturated heterocycles. The van der Waals surface area contributed by atoms with E-state index in [2.05, 4.69) is 143 Å². The summed E-state index contributed by atoms with van der Waals surface area (Å²) >= 11 is 1.83. The quantitative estimate of drug-likeness (QED) is 0.202. The Balaban J connectivity index is 1.11. The third-order valence-electron chi connectivity index (χ3n) is 9.44. The van der Waals surface area contributed by atoms with E-state index >= 15 is 0 Å². The zero-order chi connectivity index (χ0) is 31.6. The van der Waals surface area contributed by atoms with Crippen LogP contribution in [-0.2, 0) is 0 Å². The van der Waals surface area contributed by atoms with E-state index in [1.54, 1.807) is 6.20 Å². The molecule has 2 N–H and O–H groups in total. The number of fused-ring (bicyclic) bond motifs is 7. The molecule has 2 atom stereocenters. The number of hydrogen-bond acceptors (Lipinski definition) is 6. The maximum Gasteiger partial charge on any atom is 0.154 e. The van der Waals surface area contributed by atoms with Crippen molar-refractivity contribution in [2.24, 2.45) is 4.99 Å². The number of nitrogens with one attached hydrogen (secondary N) is 2. The largest absolute Gasteiger partial charge is 0.454 e. The lowest BCUT2D eigenvalue weighted by atomic mass is 9.99. The zero-order valence-electron chi connectivity index (χ0n) is 25.7. The van der Waals surface area contributed by atoms with Gasteiger partial charge < -0.3 is 9.73 Å². The topological polar surface area (TPSA) is 62.5 Å². The molecule has 9 aromatic rings. The van der Waals surface area contributed by atoms with Crippen molar-refractivity contribution in [1.82, 2.24) is 15.6 Å². The second-order valence-electron chi connectivity index (χ2n) is 12.3. The molecule has 0 bridgehead atoms. The Morgan fingerprint density at radius 2 is 1.42 bits per heavy atom. The van der Waals surface area contributed by atoms with Gasteiger partial charge in [-0.15, -0.1) is 11.3 Å². The molecule has 0 spiro atoms. The van der Waals surface area contributed by atoms with Gasteiger partial charge in [0.25, 0.3) is 0 Å². The van der Waals surface area contributed by atoms with Gasteiger partial charge in [0.1, 0.15) is 23.8 Å². The molecule has 5 nitrogen and oxygen atoms in total. The van der Waals surface area contributed by atoms with E-state index in [-0.39, 0.29) is 12.3 Å². The fraction of sp³-hybridized carbons (Fsp3) is 0.0476. The fourth-order valence-electron chi connectivity index (χ4n) is 7.11. The molecule has 1 aliphatic rings. The van der Waals surface area contributed by atoms with E-state index in [0.29, 0.717) is 0 Å². The molecule has 3 aromatic heterocycles. The molecule has 48 heavy (non-hydrogen) atoms. The lowest BCUT2D eigenvalue weighted by molar-refractivity contribution is 0.411. The normalized spacial score (nSPS) is 16.5. The minimum atomic E-state index is -0.259. The van der Waals surface area contributed by atoms with Gasteiger partial charge in [0.05, 0.1) is 6.20 Å². The molecule has 0 saturated carbocycles. The van der Waals surface area contributed by atoms with E-state index in [4.69, 9.17) is 9.41 Å². The summed E-state index contributed by atoms with van der Waals surface area (Å²) in [5.41, 5.74) is 7.04. The Hall–Kier alpha value is -5.82. The summed E-state index contributed by atoms with van der Waals surface area (Å²) in [6.45, 7) is 0. The van der Waals surface area contributed by atoms with E-state index < -0.39 is 0 Å². The van der Waals surface area contributed by atoms with Crippen LogP contribution in [0.3, 0.4) is 0 Å². The number of amidine groups is 1. The summed E-state index contributed by atoms with van der Waals surface area (Å²) in [5, 5.41) is 14.6. The van der Waals surface area contributed by atoms with Crippen molar-refractivity contribution in [1.29, 1.82) is 0 Å². The van der Waals surface area contributed by atoms with Crippen molar-refractivity contribution >= 4 is 70.1 Å². The third-order valence-corrected chi connectivity index (χ3v) is 10.7. The van der Waals surface area contributed by atoms with Crippen LogP contribution in [0.4, 0.5) is 0 Å². The predicted molar refractivity (Wildman–Crippen MR) is 199 cm³/mol. The first kappa shape index (κ1) is 27.3. The first-order valence-electron chi connectivity index (χ1n) is 16.1. The van der Waals surface area contributed by atoms with Gasteiger partial charge in [0.2, 0.25) is 0 Å². The van der Waals surface area contributed by atoms with Crippen LogP contribution >= 0.6 is 11.3 Å². The maximum atomic E-state index is 6.49. The van der Waals surface area contributed by atoms with Gasteiger partial charge in [-0.1, -0.05) is 109 Å². The Morgan fingerprint density at radius 1 is 0.625 bits per heavy atom. The van der Waals surface area contributed by atoms with Gasteiger partial charge in [-0.3, -0.25) is 10.3 Å². The van der Waals surface area contributed by atoms with Gasteiger partial charge in [0.15, 0.2) is 5.58 Å². The SMILES string of the molecule is c1ccc(C2N=C(c3cncc4oc5cc(-c6ccc7ccccc7c6)ccc5c34)NC(c3cccc4c3sc3ccccc34)N2)cc1. The average molecular weight is 637 g/mol. The number of rotatable bonds is 4. The van der Waals surface area contributed by atoms with Crippen LogP contribution in [-0.4, -0.2) is 10.8 Å². The zero-order valence-corrected chi connectivity index (χ0v) is 26.5. The third kappa shape index (κ3) is 4.42. The predicted octanol–water partition coefficient (Wildman–Crippen LogP) is 10.5. The lowest BCUT2D eigenvalue weighted by Crippen LogP contribution is -2.45. The number of nitrogens with zero attached hydrogens (tertiary/aromatic N) is 2. The maximum absolute atomic E-state index is 6.49. The highest BCUT2D eigenvalue weighted by molar-refractivity contribution is 7.26. The molecule has 0 radical (unpaired) electrons. The molecule has 6 aromatic carbocycles. The number of aliphatic imine (C=N–C) groups is 1. The summed E-state index contributed by atoms with van der Waals surface area (Å²) in [4.78, 5) is 9.91. The Morgan fingerprint density at radius 3 is 2.35 bits per heavy atom. The van der Waals surface area contributed by atoms with Gasteiger partial charge in [-0.05, 0) is 51.7 Å². The smallest absolute Gasteiger partial charge is 0.154 e. The minimum Gasteiger partial charge on any atom is -0.454 e. The van der Waals surface area contributed by atoms with Gasteiger partial charge in [-0.2, -0.15) is 0 Å². The highest BCUT2D eigenvalue weighted by Gasteiger charge is 2.29. The molecule has 1 aliphatic heterocycles. The van der Waals surface area contributed by atoms with Gasteiger partial charge >= 0.3 is 0 Å². The van der Waals surface area contributed by atoms with Crippen molar-refractivity contribution in [2.75, 3.05) is 0 Å². The van der Waals surface area contributed by atoms with Crippen molar-refractivity contribution in [3.8, 4) is 11.1 Å². The lowest BCUT2D eigenvalue weighted by Gasteiger charge is -2.32. The van der Waals surface area contributed by atoms with Gasteiger partial charge in [-0.25, -0.2) is 4.99 Å². The first-order valence-corrected chi connectivity index (χ1v) is 16.9. The van der Waals surface area contributed by atoms with Crippen LogP contribution in [0.1, 0.15) is 29.0 Å². The van der Waals surface area contributed by atoms with Crippen molar-refractivity contribution < 1.29 is 4.42 Å². The Kier molecular flexibility index (Phi) is 6.19. The molecule has 4 heterocycles. The van der Waals surface area contributed by atoms with Gasteiger partial charge in [0, 0.05) is 48.3 Å². The molecular weight excluding hydrogens is 609 g/mol.